The van der Waals surface area contributed by atoms with Gasteiger partial charge in [-0.1, -0.05) is 44.9 Å². The van der Waals surface area contributed by atoms with Crippen molar-refractivity contribution >= 4 is 23.2 Å². The molecular weight excluding hydrogens is 540 g/mol. The molecule has 0 heterocycles. The van der Waals surface area contributed by atoms with Crippen LogP contribution < -0.4 is 15.4 Å². The lowest BCUT2D eigenvalue weighted by Crippen LogP contribution is -2.26. The molecule has 0 bridgehead atoms. The number of methoxy groups -OCH3 is 1. The maximum absolute atomic E-state index is 13.6. The maximum Gasteiger partial charge on any atom is 0.259 e. The second kappa shape index (κ2) is 11.8. The first kappa shape index (κ1) is 29.7. The van der Waals surface area contributed by atoms with Crippen LogP contribution in [0.15, 0.2) is 66.7 Å². The lowest BCUT2D eigenvalue weighted by molar-refractivity contribution is 0.101. The zero-order valence-corrected chi connectivity index (χ0v) is 25.3. The van der Waals surface area contributed by atoms with Gasteiger partial charge in [0.1, 0.15) is 17.2 Å². The number of fused-ring (bicyclic) bond motifs is 3. The Balaban J connectivity index is 1.60. The molecule has 7 nitrogen and oxygen atoms in total. The first-order chi connectivity index (χ1) is 20.6. The van der Waals surface area contributed by atoms with Gasteiger partial charge < -0.3 is 25.6 Å². The Morgan fingerprint density at radius 3 is 1.84 bits per heavy atom. The molecule has 0 aromatic heterocycles. The van der Waals surface area contributed by atoms with Gasteiger partial charge in [0.25, 0.3) is 11.8 Å². The van der Waals surface area contributed by atoms with Crippen LogP contribution in [0.5, 0.6) is 17.2 Å². The first-order valence-electron chi connectivity index (χ1n) is 14.7. The zero-order valence-electron chi connectivity index (χ0n) is 25.3. The average molecular weight is 579 g/mol. The number of benzene rings is 4. The van der Waals surface area contributed by atoms with Crippen molar-refractivity contribution in [1.82, 2.24) is 0 Å². The monoisotopic (exact) mass is 578 g/mol. The third kappa shape index (κ3) is 5.43. The fourth-order valence-electron chi connectivity index (χ4n) is 6.41. The van der Waals surface area contributed by atoms with Gasteiger partial charge in [0.05, 0.1) is 24.0 Å². The molecule has 43 heavy (non-hydrogen) atoms. The van der Waals surface area contributed by atoms with Crippen molar-refractivity contribution in [2.45, 2.75) is 58.8 Å². The molecule has 0 atom stereocenters. The number of rotatable bonds is 9. The maximum atomic E-state index is 13.6. The number of amides is 2. The molecule has 7 heteroatoms. The summed E-state index contributed by atoms with van der Waals surface area (Å²) in [7, 11) is 1.54. The third-order valence-electron chi connectivity index (χ3n) is 8.34. The SMILES string of the molecule is CCCC1(CCC)c2cc(C(=O)Nc3cc(C)ccc3O)ccc2-c2cc(OC)c(C(=O)Nc3cc(C)ccc3O)cc21. The minimum Gasteiger partial charge on any atom is -0.506 e. The van der Waals surface area contributed by atoms with E-state index in [1.165, 1.54) is 7.11 Å². The van der Waals surface area contributed by atoms with Gasteiger partial charge in [-0.2, -0.15) is 0 Å². The summed E-state index contributed by atoms with van der Waals surface area (Å²) in [5.41, 5.74) is 7.04. The molecule has 0 radical (unpaired) electrons. The molecule has 4 aromatic carbocycles. The van der Waals surface area contributed by atoms with E-state index < -0.39 is 5.41 Å². The van der Waals surface area contributed by atoms with E-state index in [0.29, 0.717) is 28.3 Å². The Morgan fingerprint density at radius 1 is 0.721 bits per heavy atom. The van der Waals surface area contributed by atoms with Crippen molar-refractivity contribution in [3.63, 3.8) is 0 Å². The smallest absolute Gasteiger partial charge is 0.259 e. The molecule has 0 unspecified atom stereocenters. The van der Waals surface area contributed by atoms with Gasteiger partial charge in [-0.15, -0.1) is 0 Å². The van der Waals surface area contributed by atoms with E-state index in [0.717, 1.165) is 59.1 Å². The van der Waals surface area contributed by atoms with Gasteiger partial charge >= 0.3 is 0 Å². The van der Waals surface area contributed by atoms with E-state index in [-0.39, 0.29) is 23.3 Å². The summed E-state index contributed by atoms with van der Waals surface area (Å²) in [6.07, 6.45) is 3.46. The van der Waals surface area contributed by atoms with Crippen LogP contribution in [0.3, 0.4) is 0 Å². The van der Waals surface area contributed by atoms with Gasteiger partial charge in [-0.25, -0.2) is 0 Å². The molecule has 2 amide bonds. The van der Waals surface area contributed by atoms with Gasteiger partial charge in [-0.3, -0.25) is 9.59 Å². The number of aromatic hydroxyl groups is 2. The van der Waals surface area contributed by atoms with Crippen LogP contribution in [0.1, 0.15) is 82.5 Å². The van der Waals surface area contributed by atoms with Crippen molar-refractivity contribution in [1.29, 1.82) is 0 Å². The van der Waals surface area contributed by atoms with E-state index in [4.69, 9.17) is 4.74 Å². The molecule has 0 saturated heterocycles. The standard InChI is InChI=1S/C36H38N2O5/c1-6-14-36(15-7-2)27-18-23(34(41)37-29-16-21(3)8-12-31(29)39)10-11-24(27)25-20-33(43-5)26(19-28(25)36)35(42)38-30-17-22(4)9-13-32(30)40/h8-13,16-20,39-40H,6-7,14-15H2,1-5H3,(H,37,41)(H,38,42). The highest BCUT2D eigenvalue weighted by atomic mass is 16.5. The molecule has 4 aromatic rings. The molecule has 0 spiro atoms. The zero-order chi connectivity index (χ0) is 30.9. The molecule has 222 valence electrons. The van der Waals surface area contributed by atoms with Gasteiger partial charge in [0, 0.05) is 11.0 Å². The van der Waals surface area contributed by atoms with Crippen molar-refractivity contribution in [2.75, 3.05) is 17.7 Å². The molecule has 0 saturated carbocycles. The van der Waals surface area contributed by atoms with E-state index in [9.17, 15) is 19.8 Å². The van der Waals surface area contributed by atoms with E-state index in [1.807, 2.05) is 38.1 Å². The van der Waals surface area contributed by atoms with Crippen LogP contribution in [0.25, 0.3) is 11.1 Å². The molecule has 0 aliphatic heterocycles. The molecule has 4 N–H and O–H groups in total. The molecule has 1 aliphatic carbocycles. The summed E-state index contributed by atoms with van der Waals surface area (Å²) in [4.78, 5) is 27.1. The summed E-state index contributed by atoms with van der Waals surface area (Å²) >= 11 is 0. The second-order valence-electron chi connectivity index (χ2n) is 11.4. The number of aryl methyl sites for hydroxylation is 2. The number of carbonyl (C=O) groups excluding carboxylic acids is 2. The Labute approximate surface area is 252 Å². The van der Waals surface area contributed by atoms with Crippen LogP contribution in [0.4, 0.5) is 11.4 Å². The molecule has 5 rings (SSSR count). The Bertz CT molecular complexity index is 1720. The van der Waals surface area contributed by atoms with Gasteiger partial charge in [0.15, 0.2) is 0 Å². The Kier molecular flexibility index (Phi) is 8.18. The normalized spacial score (nSPS) is 12.8. The average Bonchev–Trinajstić information content (AvgIpc) is 3.24. The van der Waals surface area contributed by atoms with Crippen LogP contribution in [-0.2, 0) is 5.41 Å². The third-order valence-corrected chi connectivity index (χ3v) is 8.34. The Hall–Kier alpha value is -4.78. The fraction of sp³-hybridized carbons (Fsp3) is 0.278. The highest BCUT2D eigenvalue weighted by Crippen LogP contribution is 2.55. The summed E-state index contributed by atoms with van der Waals surface area (Å²) < 4.78 is 5.72. The van der Waals surface area contributed by atoms with Crippen molar-refractivity contribution in [3.05, 3.63) is 100 Å². The molecular formula is C36H38N2O5. The summed E-state index contributed by atoms with van der Waals surface area (Å²) in [5, 5.41) is 26.4. The van der Waals surface area contributed by atoms with E-state index in [2.05, 4.69) is 24.5 Å². The largest absolute Gasteiger partial charge is 0.506 e. The lowest BCUT2D eigenvalue weighted by atomic mass is 9.71. The number of anilines is 2. The topological polar surface area (TPSA) is 108 Å². The number of phenolic OH excluding ortho intramolecular Hbond substituents is 2. The predicted molar refractivity (Wildman–Crippen MR) is 171 cm³/mol. The van der Waals surface area contributed by atoms with Gasteiger partial charge in [-0.05, 0) is 109 Å². The minimum atomic E-state index is -0.414. The second-order valence-corrected chi connectivity index (χ2v) is 11.4. The minimum absolute atomic E-state index is 0.00992. The van der Waals surface area contributed by atoms with Crippen LogP contribution in [0, 0.1) is 13.8 Å². The molecule has 0 fully saturated rings. The van der Waals surface area contributed by atoms with E-state index in [1.54, 1.807) is 42.5 Å². The number of hydrogen-bond acceptors (Lipinski definition) is 5. The van der Waals surface area contributed by atoms with Crippen LogP contribution in [0.2, 0.25) is 0 Å². The number of nitrogens with one attached hydrogen (secondary N) is 2. The summed E-state index contributed by atoms with van der Waals surface area (Å²) in [6, 6.07) is 19.7. The van der Waals surface area contributed by atoms with Crippen molar-refractivity contribution < 1.29 is 24.5 Å². The number of ether oxygens (including phenoxy) is 1. The Morgan fingerprint density at radius 2 is 1.28 bits per heavy atom. The molecule has 1 aliphatic rings. The van der Waals surface area contributed by atoms with Crippen molar-refractivity contribution in [2.24, 2.45) is 0 Å². The first-order valence-corrected chi connectivity index (χ1v) is 14.7. The fourth-order valence-corrected chi connectivity index (χ4v) is 6.41. The highest BCUT2D eigenvalue weighted by Gasteiger charge is 2.43. The number of hydrogen-bond donors (Lipinski definition) is 4. The van der Waals surface area contributed by atoms with Crippen LogP contribution in [-0.4, -0.2) is 29.1 Å². The number of phenols is 2. The van der Waals surface area contributed by atoms with E-state index >= 15 is 0 Å². The summed E-state index contributed by atoms with van der Waals surface area (Å²) in [6.45, 7) is 8.08. The number of carbonyl (C=O) groups is 2. The van der Waals surface area contributed by atoms with Crippen molar-refractivity contribution in [3.8, 4) is 28.4 Å². The van der Waals surface area contributed by atoms with Crippen LogP contribution >= 0.6 is 0 Å². The predicted octanol–water partition coefficient (Wildman–Crippen LogP) is 8.09. The van der Waals surface area contributed by atoms with Gasteiger partial charge in [0.2, 0.25) is 0 Å². The highest BCUT2D eigenvalue weighted by molar-refractivity contribution is 6.08. The quantitative estimate of drug-likeness (QED) is 0.150. The lowest BCUT2D eigenvalue weighted by Gasteiger charge is -2.32. The summed E-state index contributed by atoms with van der Waals surface area (Å²) in [5.74, 6) is -0.262.